The van der Waals surface area contributed by atoms with Crippen molar-refractivity contribution in [3.8, 4) is 0 Å². The zero-order valence-electron chi connectivity index (χ0n) is 14.1. The first kappa shape index (κ1) is 18.6. The van der Waals surface area contributed by atoms with E-state index in [2.05, 4.69) is 27.1 Å². The maximum absolute atomic E-state index is 13.0. The van der Waals surface area contributed by atoms with Crippen molar-refractivity contribution in [1.29, 1.82) is 0 Å². The number of aromatic nitrogens is 2. The van der Waals surface area contributed by atoms with Crippen molar-refractivity contribution in [1.82, 2.24) is 9.97 Å². The first-order valence-corrected chi connectivity index (χ1v) is 8.62. The van der Waals surface area contributed by atoms with Crippen LogP contribution in [0.3, 0.4) is 0 Å². The molecule has 0 spiro atoms. The van der Waals surface area contributed by atoms with Crippen LogP contribution in [0.1, 0.15) is 25.3 Å². The van der Waals surface area contributed by atoms with E-state index < -0.39 is 11.7 Å². The van der Waals surface area contributed by atoms with E-state index in [1.165, 1.54) is 18.5 Å². The average Bonchev–Trinajstić information content (AvgIpc) is 2.58. The number of nitrogens with two attached hydrogens (primary N) is 1. The molecule has 2 aromatic rings. The predicted octanol–water partition coefficient (Wildman–Crippen LogP) is 4.71. The summed E-state index contributed by atoms with van der Waals surface area (Å²) in [6.07, 6.45) is -1.11. The fourth-order valence-corrected chi connectivity index (χ4v) is 3.14. The molecule has 1 saturated heterocycles. The van der Waals surface area contributed by atoms with Crippen molar-refractivity contribution >= 4 is 34.6 Å². The molecule has 140 valence electrons. The lowest BCUT2D eigenvalue weighted by Crippen LogP contribution is -2.34. The lowest BCUT2D eigenvalue weighted by atomic mass is 9.99. The molecule has 0 atom stereocenters. The van der Waals surface area contributed by atoms with E-state index in [1.807, 2.05) is 0 Å². The molecule has 2 heterocycles. The molecule has 0 unspecified atom stereocenters. The van der Waals surface area contributed by atoms with Crippen molar-refractivity contribution in [3.05, 3.63) is 35.1 Å². The summed E-state index contributed by atoms with van der Waals surface area (Å²) in [4.78, 5) is 10.4. The Hall–Kier alpha value is -2.22. The molecule has 1 aromatic heterocycles. The number of hydrogen-bond acceptors (Lipinski definition) is 5. The molecule has 0 aliphatic carbocycles. The third kappa shape index (κ3) is 3.95. The van der Waals surface area contributed by atoms with E-state index in [0.717, 1.165) is 32.0 Å². The van der Waals surface area contributed by atoms with Crippen LogP contribution in [0.2, 0.25) is 5.02 Å². The van der Waals surface area contributed by atoms with Gasteiger partial charge < -0.3 is 16.0 Å². The Balaban J connectivity index is 1.86. The second-order valence-corrected chi connectivity index (χ2v) is 6.85. The minimum absolute atomic E-state index is 0.199. The quantitative estimate of drug-likeness (QED) is 0.800. The molecule has 5 nitrogen and oxygen atoms in total. The highest BCUT2D eigenvalue weighted by Gasteiger charge is 2.33. The molecule has 3 N–H and O–H groups in total. The number of rotatable bonds is 3. The standard InChI is InChI=1S/C17H19ClF3N5/c1-10-4-6-26(7-5-10)16-14(22)15(23-9-24-16)25-11-2-3-13(18)12(8-11)17(19,20)21/h2-3,8-10H,4-7,22H2,1H3,(H,23,24,25). The first-order chi connectivity index (χ1) is 12.3. The van der Waals surface area contributed by atoms with Gasteiger partial charge in [-0.25, -0.2) is 9.97 Å². The molecule has 1 aliphatic heterocycles. The van der Waals surface area contributed by atoms with Crippen molar-refractivity contribution < 1.29 is 13.2 Å². The van der Waals surface area contributed by atoms with Crippen LogP contribution in [0.25, 0.3) is 0 Å². The van der Waals surface area contributed by atoms with Gasteiger partial charge in [0, 0.05) is 18.8 Å². The number of benzene rings is 1. The van der Waals surface area contributed by atoms with Gasteiger partial charge in [-0.1, -0.05) is 18.5 Å². The summed E-state index contributed by atoms with van der Waals surface area (Å²) in [7, 11) is 0. The second-order valence-electron chi connectivity index (χ2n) is 6.45. The van der Waals surface area contributed by atoms with Crippen LogP contribution in [0.15, 0.2) is 24.5 Å². The molecule has 0 saturated carbocycles. The van der Waals surface area contributed by atoms with Gasteiger partial charge in [0.15, 0.2) is 11.6 Å². The van der Waals surface area contributed by atoms with E-state index in [0.29, 0.717) is 17.4 Å². The van der Waals surface area contributed by atoms with Crippen LogP contribution in [-0.4, -0.2) is 23.1 Å². The van der Waals surface area contributed by atoms with Gasteiger partial charge in [0.1, 0.15) is 12.0 Å². The molecule has 1 aromatic carbocycles. The van der Waals surface area contributed by atoms with Crippen LogP contribution in [-0.2, 0) is 6.18 Å². The third-order valence-electron chi connectivity index (χ3n) is 4.48. The van der Waals surface area contributed by atoms with E-state index in [-0.39, 0.29) is 16.5 Å². The monoisotopic (exact) mass is 385 g/mol. The lowest BCUT2D eigenvalue weighted by Gasteiger charge is -2.32. The van der Waals surface area contributed by atoms with Gasteiger partial charge in [0.25, 0.3) is 0 Å². The summed E-state index contributed by atoms with van der Waals surface area (Å²) in [5, 5.41) is 2.48. The highest BCUT2D eigenvalue weighted by atomic mass is 35.5. The van der Waals surface area contributed by atoms with Gasteiger partial charge in [0.05, 0.1) is 10.6 Å². The smallest absolute Gasteiger partial charge is 0.393 e. The van der Waals surface area contributed by atoms with Crippen LogP contribution < -0.4 is 16.0 Å². The number of nitrogens with zero attached hydrogens (tertiary/aromatic N) is 3. The van der Waals surface area contributed by atoms with Crippen LogP contribution >= 0.6 is 11.6 Å². The summed E-state index contributed by atoms with van der Waals surface area (Å²) >= 11 is 5.65. The molecule has 1 fully saturated rings. The van der Waals surface area contributed by atoms with Gasteiger partial charge in [0.2, 0.25) is 0 Å². The van der Waals surface area contributed by atoms with Crippen molar-refractivity contribution in [3.63, 3.8) is 0 Å². The Morgan fingerprint density at radius 2 is 1.92 bits per heavy atom. The van der Waals surface area contributed by atoms with Gasteiger partial charge in [-0.2, -0.15) is 13.2 Å². The van der Waals surface area contributed by atoms with Crippen LogP contribution in [0.5, 0.6) is 0 Å². The highest BCUT2D eigenvalue weighted by molar-refractivity contribution is 6.31. The number of anilines is 4. The maximum atomic E-state index is 13.0. The predicted molar refractivity (Wildman–Crippen MR) is 96.8 cm³/mol. The minimum Gasteiger partial charge on any atom is -0.393 e. The largest absolute Gasteiger partial charge is 0.417 e. The van der Waals surface area contributed by atoms with Gasteiger partial charge >= 0.3 is 6.18 Å². The van der Waals surface area contributed by atoms with E-state index >= 15 is 0 Å². The summed E-state index contributed by atoms with van der Waals surface area (Å²) in [6.45, 7) is 3.87. The van der Waals surface area contributed by atoms with Crippen LogP contribution in [0, 0.1) is 5.92 Å². The van der Waals surface area contributed by atoms with Crippen molar-refractivity contribution in [2.24, 2.45) is 5.92 Å². The Kier molecular flexibility index (Phi) is 5.13. The van der Waals surface area contributed by atoms with Crippen molar-refractivity contribution in [2.45, 2.75) is 25.9 Å². The second kappa shape index (κ2) is 7.19. The molecular formula is C17H19ClF3N5. The summed E-state index contributed by atoms with van der Waals surface area (Å²) in [5.41, 5.74) is 5.77. The third-order valence-corrected chi connectivity index (χ3v) is 4.81. The molecule has 0 bridgehead atoms. The molecule has 26 heavy (non-hydrogen) atoms. The van der Waals surface area contributed by atoms with Gasteiger partial charge in [-0.3, -0.25) is 0 Å². The molecule has 9 heteroatoms. The molecule has 0 radical (unpaired) electrons. The fourth-order valence-electron chi connectivity index (χ4n) is 2.92. The molecule has 0 amide bonds. The SMILES string of the molecule is CC1CCN(c2ncnc(Nc3ccc(Cl)c(C(F)(F)F)c3)c2N)CC1. The zero-order valence-corrected chi connectivity index (χ0v) is 14.9. The average molecular weight is 386 g/mol. The Bertz CT molecular complexity index is 788. The van der Waals surface area contributed by atoms with E-state index in [4.69, 9.17) is 17.3 Å². The van der Waals surface area contributed by atoms with E-state index in [1.54, 1.807) is 0 Å². The Labute approximate surface area is 154 Å². The number of halogens is 4. The Morgan fingerprint density at radius 1 is 1.23 bits per heavy atom. The number of nitrogen functional groups attached to an aromatic ring is 1. The van der Waals surface area contributed by atoms with E-state index in [9.17, 15) is 13.2 Å². The molecular weight excluding hydrogens is 367 g/mol. The van der Waals surface area contributed by atoms with Crippen molar-refractivity contribution in [2.75, 3.05) is 29.0 Å². The summed E-state index contributed by atoms with van der Waals surface area (Å²) in [5.74, 6) is 1.52. The maximum Gasteiger partial charge on any atom is 0.417 e. The minimum atomic E-state index is -4.54. The fraction of sp³-hybridized carbons (Fsp3) is 0.412. The normalized spacial score (nSPS) is 16.0. The number of piperidine rings is 1. The first-order valence-electron chi connectivity index (χ1n) is 8.25. The summed E-state index contributed by atoms with van der Waals surface area (Å²) < 4.78 is 39.0. The number of alkyl halides is 3. The zero-order chi connectivity index (χ0) is 18.9. The lowest BCUT2D eigenvalue weighted by molar-refractivity contribution is -0.137. The van der Waals surface area contributed by atoms with Crippen LogP contribution in [0.4, 0.5) is 36.2 Å². The molecule has 3 rings (SSSR count). The molecule has 1 aliphatic rings. The number of hydrogen-bond donors (Lipinski definition) is 2. The van der Waals surface area contributed by atoms with Gasteiger partial charge in [-0.15, -0.1) is 0 Å². The summed E-state index contributed by atoms with van der Waals surface area (Å²) in [6, 6.07) is 3.57. The van der Waals surface area contributed by atoms with Gasteiger partial charge in [-0.05, 0) is 37.0 Å². The number of nitrogens with one attached hydrogen (secondary N) is 1. The topological polar surface area (TPSA) is 67.1 Å². The Morgan fingerprint density at radius 3 is 2.58 bits per heavy atom. The highest BCUT2D eigenvalue weighted by Crippen LogP contribution is 2.37.